The highest BCUT2D eigenvalue weighted by Crippen LogP contribution is 2.10. The Hall–Kier alpha value is -2.04. The van der Waals surface area contributed by atoms with E-state index >= 15 is 0 Å². The normalized spacial score (nSPS) is 10.7. The number of aromatic nitrogens is 2. The number of hydrogen-bond donors (Lipinski definition) is 0. The van der Waals surface area contributed by atoms with Crippen molar-refractivity contribution in [3.05, 3.63) is 53.4 Å². The Morgan fingerprint density at radius 2 is 1.95 bits per heavy atom. The maximum absolute atomic E-state index is 13.0. The molecular weight excluding hydrogens is 250 g/mol. The summed E-state index contributed by atoms with van der Waals surface area (Å²) in [5.74, 6) is -1.88. The van der Waals surface area contributed by atoms with Gasteiger partial charge in [-0.25, -0.2) is 8.78 Å². The summed E-state index contributed by atoms with van der Waals surface area (Å²) in [6.45, 7) is 2.71. The standard InChI is InChI=1S/C14H14F2N2O/c1-2-18-9-11(8-17-18)6-12(19)5-10-3-4-13(15)14(16)7-10/h3-4,7-9H,2,5-6H2,1H3. The molecule has 0 aliphatic rings. The fourth-order valence-corrected chi connectivity index (χ4v) is 1.84. The van der Waals surface area contributed by atoms with Gasteiger partial charge in [-0.1, -0.05) is 6.07 Å². The highest BCUT2D eigenvalue weighted by molar-refractivity contribution is 5.82. The van der Waals surface area contributed by atoms with Crippen LogP contribution in [0.1, 0.15) is 18.1 Å². The fraction of sp³-hybridized carbons (Fsp3) is 0.286. The minimum absolute atomic E-state index is 0.0540. The third-order valence-electron chi connectivity index (χ3n) is 2.80. The van der Waals surface area contributed by atoms with E-state index in [0.717, 1.165) is 24.2 Å². The van der Waals surface area contributed by atoms with Crippen molar-refractivity contribution in [3.63, 3.8) is 0 Å². The predicted octanol–water partition coefficient (Wildman–Crippen LogP) is 2.54. The zero-order valence-electron chi connectivity index (χ0n) is 10.6. The molecule has 0 N–H and O–H groups in total. The van der Waals surface area contributed by atoms with E-state index in [1.165, 1.54) is 6.07 Å². The average molecular weight is 264 g/mol. The van der Waals surface area contributed by atoms with E-state index < -0.39 is 11.6 Å². The van der Waals surface area contributed by atoms with Gasteiger partial charge in [-0.3, -0.25) is 9.48 Å². The van der Waals surface area contributed by atoms with Crippen molar-refractivity contribution in [2.45, 2.75) is 26.3 Å². The van der Waals surface area contributed by atoms with Crippen LogP contribution in [0.4, 0.5) is 8.78 Å². The monoisotopic (exact) mass is 264 g/mol. The highest BCUT2D eigenvalue weighted by atomic mass is 19.2. The van der Waals surface area contributed by atoms with Gasteiger partial charge in [0, 0.05) is 25.6 Å². The first-order valence-corrected chi connectivity index (χ1v) is 6.05. The largest absolute Gasteiger partial charge is 0.299 e. The van der Waals surface area contributed by atoms with E-state index in [9.17, 15) is 13.6 Å². The van der Waals surface area contributed by atoms with Crippen molar-refractivity contribution < 1.29 is 13.6 Å². The molecule has 0 amide bonds. The average Bonchev–Trinajstić information content (AvgIpc) is 2.81. The van der Waals surface area contributed by atoms with Gasteiger partial charge in [0.05, 0.1) is 6.20 Å². The lowest BCUT2D eigenvalue weighted by atomic mass is 10.0. The molecule has 0 fully saturated rings. The maximum Gasteiger partial charge on any atom is 0.159 e. The van der Waals surface area contributed by atoms with Gasteiger partial charge in [0.25, 0.3) is 0 Å². The lowest BCUT2D eigenvalue weighted by Gasteiger charge is -2.01. The third kappa shape index (κ3) is 3.47. The molecule has 0 radical (unpaired) electrons. The molecule has 0 saturated heterocycles. The summed E-state index contributed by atoms with van der Waals surface area (Å²) >= 11 is 0. The molecule has 1 aromatic carbocycles. The van der Waals surface area contributed by atoms with Gasteiger partial charge in [-0.2, -0.15) is 5.10 Å². The van der Waals surface area contributed by atoms with Crippen LogP contribution in [0.2, 0.25) is 0 Å². The van der Waals surface area contributed by atoms with E-state index in [-0.39, 0.29) is 18.6 Å². The predicted molar refractivity (Wildman–Crippen MR) is 66.7 cm³/mol. The van der Waals surface area contributed by atoms with Crippen LogP contribution in [-0.4, -0.2) is 15.6 Å². The van der Waals surface area contributed by atoms with E-state index in [1.54, 1.807) is 10.9 Å². The number of carbonyl (C=O) groups excluding carboxylic acids is 1. The van der Waals surface area contributed by atoms with Gasteiger partial charge in [0.15, 0.2) is 11.6 Å². The molecule has 0 atom stereocenters. The Morgan fingerprint density at radius 3 is 2.58 bits per heavy atom. The molecule has 1 aromatic heterocycles. The second-order valence-electron chi connectivity index (χ2n) is 4.34. The number of benzene rings is 1. The zero-order valence-corrected chi connectivity index (χ0v) is 10.6. The van der Waals surface area contributed by atoms with Crippen LogP contribution < -0.4 is 0 Å². The summed E-state index contributed by atoms with van der Waals surface area (Å²) in [6, 6.07) is 3.52. The molecular formula is C14H14F2N2O. The van der Waals surface area contributed by atoms with Crippen molar-refractivity contribution in [2.24, 2.45) is 0 Å². The molecule has 0 saturated carbocycles. The van der Waals surface area contributed by atoms with Gasteiger partial charge < -0.3 is 0 Å². The number of Topliss-reactive ketones (excluding diaryl/α,β-unsaturated/α-hetero) is 1. The topological polar surface area (TPSA) is 34.9 Å². The van der Waals surface area contributed by atoms with Crippen molar-refractivity contribution in [2.75, 3.05) is 0 Å². The molecule has 0 unspecified atom stereocenters. The summed E-state index contributed by atoms with van der Waals surface area (Å²) < 4.78 is 27.5. The van der Waals surface area contributed by atoms with E-state index in [0.29, 0.717) is 5.56 Å². The molecule has 100 valence electrons. The number of carbonyl (C=O) groups is 1. The van der Waals surface area contributed by atoms with E-state index in [1.807, 2.05) is 13.1 Å². The first-order chi connectivity index (χ1) is 9.08. The van der Waals surface area contributed by atoms with E-state index in [2.05, 4.69) is 5.10 Å². The van der Waals surface area contributed by atoms with Crippen LogP contribution in [0.15, 0.2) is 30.6 Å². The molecule has 3 nitrogen and oxygen atoms in total. The van der Waals surface area contributed by atoms with Crippen LogP contribution in [0.25, 0.3) is 0 Å². The first kappa shape index (κ1) is 13.4. The summed E-state index contributed by atoms with van der Waals surface area (Å²) in [6.07, 6.45) is 3.79. The molecule has 1 heterocycles. The second-order valence-corrected chi connectivity index (χ2v) is 4.34. The van der Waals surface area contributed by atoms with Gasteiger partial charge in [0.2, 0.25) is 0 Å². The van der Waals surface area contributed by atoms with Crippen molar-refractivity contribution in [3.8, 4) is 0 Å². The summed E-state index contributed by atoms with van der Waals surface area (Å²) in [5, 5.41) is 4.08. The number of nitrogens with zero attached hydrogens (tertiary/aromatic N) is 2. The van der Waals surface area contributed by atoms with Crippen molar-refractivity contribution in [1.29, 1.82) is 0 Å². The number of halogens is 2. The Labute approximate surface area is 109 Å². The number of hydrogen-bond acceptors (Lipinski definition) is 2. The van der Waals surface area contributed by atoms with E-state index in [4.69, 9.17) is 0 Å². The van der Waals surface area contributed by atoms with Crippen LogP contribution in [0.5, 0.6) is 0 Å². The maximum atomic E-state index is 13.0. The fourth-order valence-electron chi connectivity index (χ4n) is 1.84. The van der Waals surface area contributed by atoms with Gasteiger partial charge in [-0.05, 0) is 30.2 Å². The quantitative estimate of drug-likeness (QED) is 0.831. The molecule has 0 bridgehead atoms. The molecule has 0 spiro atoms. The summed E-state index contributed by atoms with van der Waals surface area (Å²) in [5.41, 5.74) is 1.31. The SMILES string of the molecule is CCn1cc(CC(=O)Cc2ccc(F)c(F)c2)cn1. The first-order valence-electron chi connectivity index (χ1n) is 6.05. The van der Waals surface area contributed by atoms with Crippen LogP contribution in [0, 0.1) is 11.6 Å². The number of rotatable bonds is 5. The Balaban J connectivity index is 1.98. The lowest BCUT2D eigenvalue weighted by Crippen LogP contribution is -2.06. The summed E-state index contributed by atoms with van der Waals surface area (Å²) in [4.78, 5) is 11.8. The van der Waals surface area contributed by atoms with Crippen molar-refractivity contribution >= 4 is 5.78 Å². The molecule has 5 heteroatoms. The van der Waals surface area contributed by atoms with Crippen molar-refractivity contribution in [1.82, 2.24) is 9.78 Å². The molecule has 2 aromatic rings. The lowest BCUT2D eigenvalue weighted by molar-refractivity contribution is -0.117. The zero-order chi connectivity index (χ0) is 13.8. The smallest absolute Gasteiger partial charge is 0.159 e. The summed E-state index contributed by atoms with van der Waals surface area (Å²) in [7, 11) is 0. The van der Waals surface area contributed by atoms with Crippen LogP contribution in [-0.2, 0) is 24.2 Å². The highest BCUT2D eigenvalue weighted by Gasteiger charge is 2.09. The van der Waals surface area contributed by atoms with Gasteiger partial charge in [0.1, 0.15) is 5.78 Å². The minimum atomic E-state index is -0.927. The molecule has 0 aliphatic heterocycles. The number of ketones is 1. The third-order valence-corrected chi connectivity index (χ3v) is 2.80. The molecule has 0 aliphatic carbocycles. The van der Waals surface area contributed by atoms with Gasteiger partial charge >= 0.3 is 0 Å². The Kier molecular flexibility index (Phi) is 4.04. The second kappa shape index (κ2) is 5.73. The number of aryl methyl sites for hydroxylation is 1. The van der Waals surface area contributed by atoms with Gasteiger partial charge in [-0.15, -0.1) is 0 Å². The Bertz CT molecular complexity index is 593. The van der Waals surface area contributed by atoms with Crippen LogP contribution in [0.3, 0.4) is 0 Å². The van der Waals surface area contributed by atoms with Crippen LogP contribution >= 0.6 is 0 Å². The molecule has 19 heavy (non-hydrogen) atoms. The minimum Gasteiger partial charge on any atom is -0.299 e. The Morgan fingerprint density at radius 1 is 1.21 bits per heavy atom. The molecule has 2 rings (SSSR count).